The monoisotopic (exact) mass is 459 g/mol. The fourth-order valence-corrected chi connectivity index (χ4v) is 4.70. The molecule has 0 bridgehead atoms. The number of rotatable bonds is 10. The minimum atomic E-state index is 0.0948. The lowest BCUT2D eigenvalue weighted by molar-refractivity contribution is -0.116. The van der Waals surface area contributed by atoms with Crippen molar-refractivity contribution in [3.8, 4) is 0 Å². The van der Waals surface area contributed by atoms with Crippen molar-refractivity contribution in [1.82, 2.24) is 14.5 Å². The lowest BCUT2D eigenvalue weighted by Gasteiger charge is -2.37. The largest absolute Gasteiger partial charge is 0.371 e. The average molecular weight is 460 g/mol. The molecule has 1 saturated heterocycles. The first kappa shape index (κ1) is 24.0. The van der Waals surface area contributed by atoms with E-state index in [1.165, 1.54) is 11.3 Å². The van der Waals surface area contributed by atoms with Crippen molar-refractivity contribution in [2.75, 3.05) is 30.4 Å². The van der Waals surface area contributed by atoms with E-state index in [0.717, 1.165) is 63.3 Å². The maximum atomic E-state index is 12.3. The van der Waals surface area contributed by atoms with Gasteiger partial charge < -0.3 is 14.8 Å². The van der Waals surface area contributed by atoms with Gasteiger partial charge >= 0.3 is 0 Å². The van der Waals surface area contributed by atoms with Crippen LogP contribution in [-0.2, 0) is 24.8 Å². The van der Waals surface area contributed by atoms with Crippen LogP contribution in [0.25, 0.3) is 0 Å². The SMILES string of the molecule is CN(Cc1nccn1C)C1CCN(c2ccc(NC(=O)CCCCc3ccccc3)cc2)CC1. The van der Waals surface area contributed by atoms with Crippen molar-refractivity contribution < 1.29 is 4.79 Å². The standard InChI is InChI=1S/C28H37N5O/c1-31-21-18-29-27(31)22-32(2)25-16-19-33(20-17-25)26-14-12-24(13-15-26)30-28(34)11-7-6-10-23-8-4-3-5-9-23/h3-5,8-9,12-15,18,21,25H,6-7,10-11,16-17,19-20,22H2,1-2H3,(H,30,34). The summed E-state index contributed by atoms with van der Waals surface area (Å²) in [6, 6.07) is 19.3. The fourth-order valence-electron chi connectivity index (χ4n) is 4.70. The molecule has 1 amide bonds. The van der Waals surface area contributed by atoms with E-state index in [1.54, 1.807) is 0 Å². The smallest absolute Gasteiger partial charge is 0.224 e. The molecule has 34 heavy (non-hydrogen) atoms. The average Bonchev–Trinajstić information content (AvgIpc) is 3.27. The number of aromatic nitrogens is 2. The van der Waals surface area contributed by atoms with E-state index in [1.807, 2.05) is 30.6 Å². The summed E-state index contributed by atoms with van der Waals surface area (Å²) < 4.78 is 2.09. The second-order valence-corrected chi connectivity index (χ2v) is 9.38. The molecule has 0 radical (unpaired) electrons. The molecule has 0 spiro atoms. The molecule has 180 valence electrons. The summed E-state index contributed by atoms with van der Waals surface area (Å²) in [5.74, 6) is 1.20. The second-order valence-electron chi connectivity index (χ2n) is 9.38. The summed E-state index contributed by atoms with van der Waals surface area (Å²) in [7, 11) is 4.26. The third-order valence-electron chi connectivity index (χ3n) is 6.88. The Bertz CT molecular complexity index is 1020. The molecular weight excluding hydrogens is 422 g/mol. The van der Waals surface area contributed by atoms with Crippen LogP contribution in [0.3, 0.4) is 0 Å². The van der Waals surface area contributed by atoms with Crippen molar-refractivity contribution in [3.05, 3.63) is 78.4 Å². The topological polar surface area (TPSA) is 53.4 Å². The Morgan fingerprint density at radius 2 is 1.79 bits per heavy atom. The summed E-state index contributed by atoms with van der Waals surface area (Å²) in [5.41, 5.74) is 3.44. The molecule has 2 heterocycles. The summed E-state index contributed by atoms with van der Waals surface area (Å²) in [6.07, 6.45) is 9.68. The van der Waals surface area contributed by atoms with Crippen LogP contribution in [0.1, 0.15) is 43.5 Å². The van der Waals surface area contributed by atoms with Gasteiger partial charge in [-0.3, -0.25) is 9.69 Å². The lowest BCUT2D eigenvalue weighted by Crippen LogP contribution is -2.43. The number of carbonyl (C=O) groups excluding carboxylic acids is 1. The molecule has 1 aliphatic heterocycles. The Morgan fingerprint density at radius 1 is 1.06 bits per heavy atom. The number of unbranched alkanes of at least 4 members (excludes halogenated alkanes) is 1. The first-order valence-electron chi connectivity index (χ1n) is 12.4. The van der Waals surface area contributed by atoms with Crippen molar-refractivity contribution in [2.24, 2.45) is 7.05 Å². The Hall–Kier alpha value is -3.12. The van der Waals surface area contributed by atoms with Crippen LogP contribution < -0.4 is 10.2 Å². The molecule has 1 fully saturated rings. The second kappa shape index (κ2) is 11.8. The third kappa shape index (κ3) is 6.70. The van der Waals surface area contributed by atoms with E-state index in [4.69, 9.17) is 0 Å². The van der Waals surface area contributed by atoms with E-state index in [-0.39, 0.29) is 5.91 Å². The molecule has 0 unspecified atom stereocenters. The van der Waals surface area contributed by atoms with Crippen LogP contribution in [-0.4, -0.2) is 46.5 Å². The van der Waals surface area contributed by atoms with Crippen LogP contribution in [0.4, 0.5) is 11.4 Å². The molecule has 6 heteroatoms. The molecule has 0 saturated carbocycles. The minimum absolute atomic E-state index is 0.0948. The quantitative estimate of drug-likeness (QED) is 0.440. The van der Waals surface area contributed by atoms with E-state index in [9.17, 15) is 4.79 Å². The Kier molecular flexibility index (Phi) is 8.36. The zero-order chi connectivity index (χ0) is 23.8. The minimum Gasteiger partial charge on any atom is -0.371 e. The summed E-state index contributed by atoms with van der Waals surface area (Å²) in [4.78, 5) is 21.6. The number of nitrogens with one attached hydrogen (secondary N) is 1. The number of anilines is 2. The van der Waals surface area contributed by atoms with Crippen molar-refractivity contribution in [1.29, 1.82) is 0 Å². The van der Waals surface area contributed by atoms with Crippen LogP contribution in [0.5, 0.6) is 0 Å². The number of aryl methyl sites for hydroxylation is 2. The summed E-state index contributed by atoms with van der Waals surface area (Å²) in [6.45, 7) is 2.97. The predicted molar refractivity (Wildman–Crippen MR) is 139 cm³/mol. The number of imidazole rings is 1. The molecule has 2 aromatic carbocycles. The van der Waals surface area contributed by atoms with Gasteiger partial charge in [0, 0.05) is 56.4 Å². The van der Waals surface area contributed by atoms with Gasteiger partial charge in [0.2, 0.25) is 5.91 Å². The molecule has 6 nitrogen and oxygen atoms in total. The van der Waals surface area contributed by atoms with Gasteiger partial charge in [0.05, 0.1) is 6.54 Å². The molecule has 4 rings (SSSR count). The number of hydrogen-bond acceptors (Lipinski definition) is 4. The van der Waals surface area contributed by atoms with E-state index in [0.29, 0.717) is 12.5 Å². The number of hydrogen-bond donors (Lipinski definition) is 1. The van der Waals surface area contributed by atoms with Crippen LogP contribution in [0.15, 0.2) is 67.0 Å². The van der Waals surface area contributed by atoms with Crippen LogP contribution in [0.2, 0.25) is 0 Å². The van der Waals surface area contributed by atoms with Gasteiger partial charge in [-0.05, 0) is 69.0 Å². The molecule has 1 N–H and O–H groups in total. The van der Waals surface area contributed by atoms with Gasteiger partial charge in [-0.15, -0.1) is 0 Å². The van der Waals surface area contributed by atoms with Gasteiger partial charge in [0.15, 0.2) is 0 Å². The maximum absolute atomic E-state index is 12.3. The molecule has 0 aliphatic carbocycles. The van der Waals surface area contributed by atoms with Gasteiger partial charge in [0.1, 0.15) is 5.82 Å². The lowest BCUT2D eigenvalue weighted by atomic mass is 10.0. The number of carbonyl (C=O) groups is 1. The number of amides is 1. The van der Waals surface area contributed by atoms with Gasteiger partial charge in [0.25, 0.3) is 0 Å². The third-order valence-corrected chi connectivity index (χ3v) is 6.88. The van der Waals surface area contributed by atoms with E-state index in [2.05, 4.69) is 75.2 Å². The summed E-state index contributed by atoms with van der Waals surface area (Å²) >= 11 is 0. The molecule has 3 aromatic rings. The predicted octanol–water partition coefficient (Wildman–Crippen LogP) is 4.87. The summed E-state index contributed by atoms with van der Waals surface area (Å²) in [5, 5.41) is 3.05. The van der Waals surface area contributed by atoms with Gasteiger partial charge in [-0.1, -0.05) is 30.3 Å². The highest BCUT2D eigenvalue weighted by Crippen LogP contribution is 2.24. The van der Waals surface area contributed by atoms with Gasteiger partial charge in [-0.25, -0.2) is 4.98 Å². The molecule has 0 atom stereocenters. The normalized spacial score (nSPS) is 14.5. The highest BCUT2D eigenvalue weighted by molar-refractivity contribution is 5.90. The highest BCUT2D eigenvalue weighted by Gasteiger charge is 2.23. The first-order chi connectivity index (χ1) is 16.6. The maximum Gasteiger partial charge on any atom is 0.224 e. The highest BCUT2D eigenvalue weighted by atomic mass is 16.1. The molecular formula is C28H37N5O. The number of benzene rings is 2. The fraction of sp³-hybridized carbons (Fsp3) is 0.429. The molecule has 1 aliphatic rings. The van der Waals surface area contributed by atoms with Crippen molar-refractivity contribution >= 4 is 17.3 Å². The van der Waals surface area contributed by atoms with E-state index < -0.39 is 0 Å². The van der Waals surface area contributed by atoms with Crippen LogP contribution >= 0.6 is 0 Å². The Balaban J connectivity index is 1.17. The zero-order valence-corrected chi connectivity index (χ0v) is 20.5. The molecule has 1 aromatic heterocycles. The first-order valence-corrected chi connectivity index (χ1v) is 12.4. The number of piperidine rings is 1. The number of nitrogens with zero attached hydrogens (tertiary/aromatic N) is 4. The van der Waals surface area contributed by atoms with Crippen molar-refractivity contribution in [3.63, 3.8) is 0 Å². The zero-order valence-electron chi connectivity index (χ0n) is 20.5. The van der Waals surface area contributed by atoms with Gasteiger partial charge in [-0.2, -0.15) is 0 Å². The Morgan fingerprint density at radius 3 is 2.47 bits per heavy atom. The van der Waals surface area contributed by atoms with E-state index >= 15 is 0 Å². The van der Waals surface area contributed by atoms with Crippen LogP contribution in [0, 0.1) is 0 Å². The Labute approximate surface area is 203 Å². The van der Waals surface area contributed by atoms with Crippen molar-refractivity contribution in [2.45, 2.75) is 51.1 Å².